The van der Waals surface area contributed by atoms with Crippen LogP contribution in [0.4, 0.5) is 0 Å². The number of carbonyl (C=O) groups excluding carboxylic acids is 2. The highest BCUT2D eigenvalue weighted by Crippen LogP contribution is 2.36. The molecule has 1 amide bonds. The Bertz CT molecular complexity index is 725. The van der Waals surface area contributed by atoms with Gasteiger partial charge in [0.05, 0.1) is 16.8 Å². The van der Waals surface area contributed by atoms with Gasteiger partial charge in [0.25, 0.3) is 5.91 Å². The molecule has 1 aromatic carbocycles. The molecule has 6 heteroatoms. The number of carbonyl (C=O) groups is 2. The van der Waals surface area contributed by atoms with Crippen molar-refractivity contribution >= 4 is 23.5 Å². The molecule has 0 radical (unpaired) electrons. The molecule has 1 aliphatic rings. The lowest BCUT2D eigenvalue weighted by atomic mass is 9.95. The van der Waals surface area contributed by atoms with Crippen LogP contribution in [-0.2, 0) is 11.3 Å². The second kappa shape index (κ2) is 4.61. The van der Waals surface area contributed by atoms with Crippen LogP contribution in [0, 0.1) is 0 Å². The number of hydrogen-bond donors (Lipinski definition) is 1. The van der Waals surface area contributed by atoms with Crippen molar-refractivity contribution in [3.05, 3.63) is 52.3 Å². The Morgan fingerprint density at radius 2 is 1.95 bits per heavy atom. The zero-order valence-corrected chi connectivity index (χ0v) is 11.0. The number of hydrogen-bond acceptors (Lipinski definition) is 4. The molecule has 2 heterocycles. The van der Waals surface area contributed by atoms with Gasteiger partial charge in [-0.15, -0.1) is 0 Å². The van der Waals surface area contributed by atoms with E-state index in [-0.39, 0.29) is 22.9 Å². The number of amides is 1. The Morgan fingerprint density at radius 3 is 2.60 bits per heavy atom. The van der Waals surface area contributed by atoms with Gasteiger partial charge in [0.1, 0.15) is 11.8 Å². The summed E-state index contributed by atoms with van der Waals surface area (Å²) < 4.78 is 4.96. The highest BCUT2D eigenvalue weighted by atomic mass is 35.5. The third-order valence-corrected chi connectivity index (χ3v) is 3.35. The second-order valence-corrected chi connectivity index (χ2v) is 4.64. The number of esters is 1. The lowest BCUT2D eigenvalue weighted by molar-refractivity contribution is 0.0534. The predicted molar refractivity (Wildman–Crippen MR) is 72.3 cm³/mol. The third-order valence-electron chi connectivity index (χ3n) is 3.08. The van der Waals surface area contributed by atoms with Crippen molar-refractivity contribution in [3.8, 4) is 11.1 Å². The SMILES string of the molecule is NC(=O)c1c(Cl)nc2c(c1-c1ccccc1)C(=O)OC2. The van der Waals surface area contributed by atoms with Crippen molar-refractivity contribution in [3.63, 3.8) is 0 Å². The maximum Gasteiger partial charge on any atom is 0.341 e. The van der Waals surface area contributed by atoms with Crippen LogP contribution in [0.2, 0.25) is 5.15 Å². The topological polar surface area (TPSA) is 82.3 Å². The molecular weight excluding hydrogens is 280 g/mol. The van der Waals surface area contributed by atoms with Gasteiger partial charge in [-0.2, -0.15) is 0 Å². The molecule has 0 saturated carbocycles. The summed E-state index contributed by atoms with van der Waals surface area (Å²) in [5, 5.41) is -0.0200. The van der Waals surface area contributed by atoms with Crippen LogP contribution in [0.5, 0.6) is 0 Å². The summed E-state index contributed by atoms with van der Waals surface area (Å²) >= 11 is 6.03. The largest absolute Gasteiger partial charge is 0.455 e. The monoisotopic (exact) mass is 288 g/mol. The molecule has 0 atom stereocenters. The Kier molecular flexibility index (Phi) is 2.91. The van der Waals surface area contributed by atoms with E-state index in [1.54, 1.807) is 24.3 Å². The van der Waals surface area contributed by atoms with Gasteiger partial charge in [-0.1, -0.05) is 41.9 Å². The molecule has 1 aromatic heterocycles. The number of benzene rings is 1. The van der Waals surface area contributed by atoms with Crippen molar-refractivity contribution < 1.29 is 14.3 Å². The molecule has 1 aliphatic heterocycles. The molecular formula is C14H9ClN2O3. The number of rotatable bonds is 2. The maximum absolute atomic E-state index is 11.9. The molecule has 0 aliphatic carbocycles. The van der Waals surface area contributed by atoms with Gasteiger partial charge in [-0.25, -0.2) is 9.78 Å². The molecule has 2 N–H and O–H groups in total. The van der Waals surface area contributed by atoms with Crippen LogP contribution in [0.1, 0.15) is 26.4 Å². The minimum atomic E-state index is -0.733. The first kappa shape index (κ1) is 12.6. The molecule has 0 spiro atoms. The fraction of sp³-hybridized carbons (Fsp3) is 0.0714. The fourth-order valence-corrected chi connectivity index (χ4v) is 2.54. The van der Waals surface area contributed by atoms with Crippen molar-refractivity contribution in [1.29, 1.82) is 0 Å². The van der Waals surface area contributed by atoms with Crippen LogP contribution in [0.15, 0.2) is 30.3 Å². The molecule has 3 rings (SSSR count). The number of fused-ring (bicyclic) bond motifs is 1. The molecule has 5 nitrogen and oxygen atoms in total. The Balaban J connectivity index is 2.41. The van der Waals surface area contributed by atoms with Gasteiger partial charge in [0, 0.05) is 5.56 Å². The van der Waals surface area contributed by atoms with Crippen LogP contribution < -0.4 is 5.73 Å². The van der Waals surface area contributed by atoms with Crippen molar-refractivity contribution in [2.75, 3.05) is 0 Å². The van der Waals surface area contributed by atoms with E-state index in [4.69, 9.17) is 22.1 Å². The van der Waals surface area contributed by atoms with Gasteiger partial charge >= 0.3 is 5.97 Å². The van der Waals surface area contributed by atoms with Crippen molar-refractivity contribution in [2.45, 2.75) is 6.61 Å². The smallest absolute Gasteiger partial charge is 0.341 e. The Morgan fingerprint density at radius 1 is 1.25 bits per heavy atom. The number of nitrogens with two attached hydrogens (primary N) is 1. The number of cyclic esters (lactones) is 1. The van der Waals surface area contributed by atoms with Gasteiger partial charge in [-0.05, 0) is 5.56 Å². The molecule has 20 heavy (non-hydrogen) atoms. The summed E-state index contributed by atoms with van der Waals surface area (Å²) in [4.78, 5) is 27.6. The van der Waals surface area contributed by atoms with E-state index in [0.29, 0.717) is 16.8 Å². The number of aromatic nitrogens is 1. The lowest BCUT2D eigenvalue weighted by Gasteiger charge is -2.11. The Labute approximate surface area is 119 Å². The minimum Gasteiger partial charge on any atom is -0.455 e. The normalized spacial score (nSPS) is 12.9. The average molecular weight is 289 g/mol. The van der Waals surface area contributed by atoms with Crippen molar-refractivity contribution in [2.24, 2.45) is 5.73 Å². The van der Waals surface area contributed by atoms with E-state index in [0.717, 1.165) is 0 Å². The van der Waals surface area contributed by atoms with E-state index in [2.05, 4.69) is 4.98 Å². The standard InChI is InChI=1S/C14H9ClN2O3/c15-12-11(13(16)18)9(7-4-2-1-3-5-7)10-8(17-12)6-20-14(10)19/h1-5H,6H2,(H2,16,18). The van der Waals surface area contributed by atoms with Crippen molar-refractivity contribution in [1.82, 2.24) is 4.98 Å². The molecule has 0 saturated heterocycles. The van der Waals surface area contributed by atoms with Gasteiger partial charge in [0.2, 0.25) is 0 Å². The van der Waals surface area contributed by atoms with E-state index in [9.17, 15) is 9.59 Å². The van der Waals surface area contributed by atoms with E-state index in [1.807, 2.05) is 6.07 Å². The second-order valence-electron chi connectivity index (χ2n) is 4.28. The third kappa shape index (κ3) is 1.83. The maximum atomic E-state index is 11.9. The molecule has 0 fully saturated rings. The van der Waals surface area contributed by atoms with Crippen LogP contribution in [0.25, 0.3) is 11.1 Å². The number of ether oxygens (including phenoxy) is 1. The highest BCUT2D eigenvalue weighted by Gasteiger charge is 2.32. The molecule has 0 bridgehead atoms. The van der Waals surface area contributed by atoms with Gasteiger partial charge in [0.15, 0.2) is 0 Å². The zero-order chi connectivity index (χ0) is 14.3. The summed E-state index contributed by atoms with van der Waals surface area (Å²) in [6.07, 6.45) is 0. The quantitative estimate of drug-likeness (QED) is 0.678. The minimum absolute atomic E-state index is 0.0200. The lowest BCUT2D eigenvalue weighted by Crippen LogP contribution is -2.16. The van der Waals surface area contributed by atoms with Crippen LogP contribution >= 0.6 is 11.6 Å². The van der Waals surface area contributed by atoms with E-state index in [1.165, 1.54) is 0 Å². The number of nitrogens with zero attached hydrogens (tertiary/aromatic N) is 1. The van der Waals surface area contributed by atoms with Gasteiger partial charge in [-0.3, -0.25) is 4.79 Å². The first-order valence-electron chi connectivity index (χ1n) is 5.84. The van der Waals surface area contributed by atoms with Gasteiger partial charge < -0.3 is 10.5 Å². The number of primary amides is 1. The number of pyridine rings is 1. The molecule has 2 aromatic rings. The Hall–Kier alpha value is -2.40. The first-order valence-corrected chi connectivity index (χ1v) is 6.22. The summed E-state index contributed by atoms with van der Waals surface area (Å²) in [6.45, 7) is 0.0484. The highest BCUT2D eigenvalue weighted by molar-refractivity contribution is 6.34. The zero-order valence-electron chi connectivity index (χ0n) is 10.2. The average Bonchev–Trinajstić information content (AvgIpc) is 2.79. The summed E-state index contributed by atoms with van der Waals surface area (Å²) in [5.41, 5.74) is 7.15. The molecule has 100 valence electrons. The summed E-state index contributed by atoms with van der Waals surface area (Å²) in [6, 6.07) is 8.95. The molecule has 0 unspecified atom stereocenters. The number of halogens is 1. The van der Waals surface area contributed by atoms with Crippen LogP contribution in [0.3, 0.4) is 0 Å². The van der Waals surface area contributed by atoms with Crippen LogP contribution in [-0.4, -0.2) is 16.9 Å². The summed E-state index contributed by atoms with van der Waals surface area (Å²) in [5.74, 6) is -1.26. The predicted octanol–water partition coefficient (Wildman–Crippen LogP) is 2.17. The van der Waals surface area contributed by atoms with E-state index < -0.39 is 11.9 Å². The first-order chi connectivity index (χ1) is 9.59. The van der Waals surface area contributed by atoms with E-state index >= 15 is 0 Å². The fourth-order valence-electron chi connectivity index (χ4n) is 2.25. The summed E-state index contributed by atoms with van der Waals surface area (Å²) in [7, 11) is 0.